The molecular formula is C17H23NO3. The molecule has 2 heterocycles. The van der Waals surface area contributed by atoms with Crippen LogP contribution in [0.4, 0.5) is 0 Å². The van der Waals surface area contributed by atoms with Crippen LogP contribution in [-0.4, -0.2) is 48.3 Å². The number of piperidine rings is 1. The Labute approximate surface area is 125 Å². The molecule has 5 atom stereocenters. The number of carbonyl (C=O) groups is 1. The van der Waals surface area contributed by atoms with Gasteiger partial charge in [0.2, 0.25) is 0 Å². The normalized spacial score (nSPS) is 35.7. The van der Waals surface area contributed by atoms with Crippen molar-refractivity contribution in [2.24, 2.45) is 5.92 Å². The molecule has 0 spiro atoms. The number of ether oxygens (including phenoxy) is 1. The van der Waals surface area contributed by atoms with Gasteiger partial charge < -0.3 is 9.84 Å². The topological polar surface area (TPSA) is 49.8 Å². The Kier molecular flexibility index (Phi) is 3.76. The summed E-state index contributed by atoms with van der Waals surface area (Å²) in [6, 6.07) is 8.58. The van der Waals surface area contributed by atoms with Gasteiger partial charge in [-0.1, -0.05) is 29.8 Å². The van der Waals surface area contributed by atoms with Gasteiger partial charge in [0.15, 0.2) is 0 Å². The number of likely N-dealkylation sites (N-methyl/N-ethyl adjacent to an activating group) is 1. The van der Waals surface area contributed by atoms with Gasteiger partial charge in [-0.25, -0.2) is 0 Å². The van der Waals surface area contributed by atoms with Crippen molar-refractivity contribution in [3.8, 4) is 0 Å². The lowest BCUT2D eigenvalue weighted by atomic mass is 9.76. The van der Waals surface area contributed by atoms with E-state index in [1.165, 1.54) is 18.2 Å². The van der Waals surface area contributed by atoms with Gasteiger partial charge in [0.25, 0.3) is 0 Å². The molecular weight excluding hydrogens is 266 g/mol. The van der Waals surface area contributed by atoms with E-state index in [-0.39, 0.29) is 36.0 Å². The first kappa shape index (κ1) is 14.5. The second-order valence-electron chi connectivity index (χ2n) is 6.41. The summed E-state index contributed by atoms with van der Waals surface area (Å²) < 4.78 is 5.05. The fraction of sp³-hybridized carbons (Fsp3) is 0.588. The number of rotatable bonds is 2. The minimum atomic E-state index is -0.345. The van der Waals surface area contributed by atoms with Crippen molar-refractivity contribution in [2.75, 3.05) is 14.2 Å². The fourth-order valence-electron chi connectivity index (χ4n) is 4.10. The summed E-state index contributed by atoms with van der Waals surface area (Å²) in [5, 5.41) is 10.3. The van der Waals surface area contributed by atoms with Crippen LogP contribution in [0.15, 0.2) is 24.3 Å². The molecule has 0 saturated carbocycles. The van der Waals surface area contributed by atoms with Crippen molar-refractivity contribution in [2.45, 2.75) is 43.9 Å². The Hall–Kier alpha value is -1.39. The van der Waals surface area contributed by atoms with E-state index in [9.17, 15) is 9.90 Å². The molecule has 2 aliphatic rings. The molecule has 1 aromatic rings. The molecule has 114 valence electrons. The zero-order valence-corrected chi connectivity index (χ0v) is 12.8. The van der Waals surface area contributed by atoms with Crippen molar-refractivity contribution in [3.63, 3.8) is 0 Å². The average Bonchev–Trinajstić information content (AvgIpc) is 2.66. The minimum Gasteiger partial charge on any atom is -0.469 e. The van der Waals surface area contributed by atoms with E-state index >= 15 is 0 Å². The molecule has 4 nitrogen and oxygen atoms in total. The van der Waals surface area contributed by atoms with E-state index in [2.05, 4.69) is 36.1 Å². The minimum absolute atomic E-state index is 0.0671. The third-order valence-electron chi connectivity index (χ3n) is 5.30. The lowest BCUT2D eigenvalue weighted by Crippen LogP contribution is -2.49. The first-order chi connectivity index (χ1) is 10.0. The first-order valence-corrected chi connectivity index (χ1v) is 7.57. The van der Waals surface area contributed by atoms with Crippen LogP contribution < -0.4 is 0 Å². The third-order valence-corrected chi connectivity index (χ3v) is 5.30. The number of esters is 1. The van der Waals surface area contributed by atoms with Crippen LogP contribution in [0.1, 0.15) is 29.9 Å². The number of nitrogens with zero attached hydrogens (tertiary/aromatic N) is 1. The van der Waals surface area contributed by atoms with E-state index in [0.29, 0.717) is 6.42 Å². The van der Waals surface area contributed by atoms with Crippen LogP contribution >= 0.6 is 0 Å². The maximum absolute atomic E-state index is 12.3. The summed E-state index contributed by atoms with van der Waals surface area (Å²) in [4.78, 5) is 14.5. The molecule has 2 saturated heterocycles. The largest absolute Gasteiger partial charge is 0.469 e. The van der Waals surface area contributed by atoms with E-state index < -0.39 is 0 Å². The van der Waals surface area contributed by atoms with E-state index in [4.69, 9.17) is 4.74 Å². The zero-order valence-electron chi connectivity index (χ0n) is 12.8. The molecule has 2 fully saturated rings. The highest BCUT2D eigenvalue weighted by atomic mass is 16.5. The van der Waals surface area contributed by atoms with Crippen molar-refractivity contribution < 1.29 is 14.6 Å². The molecule has 0 aliphatic carbocycles. The number of aryl methyl sites for hydroxylation is 1. The number of carbonyl (C=O) groups excluding carboxylic acids is 1. The maximum atomic E-state index is 12.3. The molecule has 0 aromatic heterocycles. The van der Waals surface area contributed by atoms with Crippen molar-refractivity contribution in [3.05, 3.63) is 35.4 Å². The second-order valence-corrected chi connectivity index (χ2v) is 6.41. The van der Waals surface area contributed by atoms with Crippen LogP contribution in [-0.2, 0) is 9.53 Å². The maximum Gasteiger partial charge on any atom is 0.310 e. The van der Waals surface area contributed by atoms with Gasteiger partial charge in [-0.05, 0) is 32.4 Å². The number of hydrogen-bond donors (Lipinski definition) is 1. The number of fused-ring (bicyclic) bond motifs is 2. The van der Waals surface area contributed by atoms with Crippen molar-refractivity contribution >= 4 is 5.97 Å². The van der Waals surface area contributed by atoms with Crippen LogP contribution in [0.3, 0.4) is 0 Å². The Balaban J connectivity index is 1.97. The molecule has 2 aliphatic heterocycles. The summed E-state index contributed by atoms with van der Waals surface area (Å²) in [7, 11) is 3.46. The van der Waals surface area contributed by atoms with Gasteiger partial charge in [0, 0.05) is 18.0 Å². The molecule has 4 heteroatoms. The molecule has 0 unspecified atom stereocenters. The van der Waals surface area contributed by atoms with Crippen molar-refractivity contribution in [1.29, 1.82) is 0 Å². The fourth-order valence-corrected chi connectivity index (χ4v) is 4.10. The SMILES string of the molecule is COC(=O)[C@H]1[C@H]2C[C@H](O)[C@@H](C[C@H]1c1ccc(C)cc1)N2C. The highest BCUT2D eigenvalue weighted by molar-refractivity contribution is 5.75. The summed E-state index contributed by atoms with van der Waals surface area (Å²) in [6.07, 6.45) is 1.11. The number of aliphatic hydroxyl groups excluding tert-OH is 1. The molecule has 1 aromatic carbocycles. The molecule has 0 radical (unpaired) electrons. The predicted molar refractivity (Wildman–Crippen MR) is 80.0 cm³/mol. The average molecular weight is 289 g/mol. The van der Waals surface area contributed by atoms with Gasteiger partial charge in [-0.15, -0.1) is 0 Å². The van der Waals surface area contributed by atoms with Gasteiger partial charge in [0.1, 0.15) is 0 Å². The van der Waals surface area contributed by atoms with Gasteiger partial charge in [-0.3, -0.25) is 9.69 Å². The van der Waals surface area contributed by atoms with Crippen molar-refractivity contribution in [1.82, 2.24) is 4.90 Å². The van der Waals surface area contributed by atoms with Gasteiger partial charge >= 0.3 is 5.97 Å². The highest BCUT2D eigenvalue weighted by Gasteiger charge is 2.53. The Morgan fingerprint density at radius 1 is 1.24 bits per heavy atom. The van der Waals surface area contributed by atoms with Gasteiger partial charge in [-0.2, -0.15) is 0 Å². The van der Waals surface area contributed by atoms with Crippen LogP contribution in [0.2, 0.25) is 0 Å². The lowest BCUT2D eigenvalue weighted by Gasteiger charge is -2.41. The zero-order chi connectivity index (χ0) is 15.1. The Morgan fingerprint density at radius 3 is 2.52 bits per heavy atom. The number of hydrogen-bond acceptors (Lipinski definition) is 4. The third kappa shape index (κ3) is 2.36. The standard InChI is InChI=1S/C17H23NO3/c1-10-4-6-11(7-5-10)12-8-13-15(19)9-14(18(13)2)16(12)17(20)21-3/h4-7,12-16,19H,8-9H2,1-3H3/t12-,13+,14+,15-,16+/m0/s1. The summed E-state index contributed by atoms with van der Waals surface area (Å²) in [5.74, 6) is -0.234. The Bertz CT molecular complexity index is 527. The number of methoxy groups -OCH3 is 1. The van der Waals surface area contributed by atoms with E-state index in [1.807, 2.05) is 7.05 Å². The lowest BCUT2D eigenvalue weighted by molar-refractivity contribution is -0.150. The second kappa shape index (κ2) is 5.43. The van der Waals surface area contributed by atoms with E-state index in [1.54, 1.807) is 0 Å². The smallest absolute Gasteiger partial charge is 0.310 e. The summed E-state index contributed by atoms with van der Waals surface area (Å²) in [6.45, 7) is 2.06. The summed E-state index contributed by atoms with van der Waals surface area (Å²) in [5.41, 5.74) is 2.39. The summed E-state index contributed by atoms with van der Waals surface area (Å²) >= 11 is 0. The molecule has 1 N–H and O–H groups in total. The molecule has 3 rings (SSSR count). The molecule has 2 bridgehead atoms. The monoisotopic (exact) mass is 289 g/mol. The van der Waals surface area contributed by atoms with Crippen LogP contribution in [0.25, 0.3) is 0 Å². The molecule has 21 heavy (non-hydrogen) atoms. The molecule has 0 amide bonds. The predicted octanol–water partition coefficient (Wildman–Crippen LogP) is 1.71. The number of aliphatic hydroxyl groups is 1. The highest BCUT2D eigenvalue weighted by Crippen LogP contribution is 2.46. The van der Waals surface area contributed by atoms with Crippen LogP contribution in [0.5, 0.6) is 0 Å². The Morgan fingerprint density at radius 2 is 1.90 bits per heavy atom. The van der Waals surface area contributed by atoms with Crippen LogP contribution in [0, 0.1) is 12.8 Å². The quantitative estimate of drug-likeness (QED) is 0.842. The van der Waals surface area contributed by atoms with Gasteiger partial charge in [0.05, 0.1) is 19.1 Å². The number of benzene rings is 1. The van der Waals surface area contributed by atoms with E-state index in [0.717, 1.165) is 6.42 Å². The first-order valence-electron chi connectivity index (χ1n) is 7.57.